The average Bonchev–Trinajstić information content (AvgIpc) is 3.74. The number of hydrogen-bond donors (Lipinski definition) is 4. The first-order valence-electron chi connectivity index (χ1n) is 13.0. The lowest BCUT2D eigenvalue weighted by atomic mass is 10.1. The SMILES string of the molecule is CN1CCc2nc(C(=O)N3CCN(S(=O)(=O)n4cc5ccc(C(=N)N)cc5c4)CC3C(=O)NCc3nn[nH]n3)sc2C1. The molecule has 6 rings (SSSR count). The number of amidine groups is 1. The molecule has 4 aromatic rings. The fourth-order valence-electron chi connectivity index (χ4n) is 5.06. The maximum atomic E-state index is 13.7. The number of carbonyl (C=O) groups is 2. The molecule has 5 heterocycles. The number of hydrogen-bond acceptors (Lipinski definition) is 11. The standard InChI is InChI=1S/C24H28N12O4S2/c1-33-5-4-17-19(13-33)41-23(28-17)24(38)36-7-6-34(12-18(36)22(37)27-9-20-29-31-32-30-20)42(39,40)35-10-15-3-2-14(21(25)26)8-16(15)11-35/h2-3,8,10-11,18H,4-7,9,12-13H2,1H3,(H3,25,26)(H,27,37)(H,29,30,31,32). The highest BCUT2D eigenvalue weighted by Crippen LogP contribution is 2.27. The fourth-order valence-corrected chi connectivity index (χ4v) is 7.61. The van der Waals surface area contributed by atoms with E-state index in [0.717, 1.165) is 27.5 Å². The maximum absolute atomic E-state index is 13.7. The van der Waals surface area contributed by atoms with Crippen LogP contribution in [0.1, 0.15) is 31.8 Å². The predicted molar refractivity (Wildman–Crippen MR) is 152 cm³/mol. The molecule has 0 aliphatic carbocycles. The first-order chi connectivity index (χ1) is 20.1. The number of nitrogens with two attached hydrogens (primary N) is 1. The molecule has 1 aromatic carbocycles. The highest BCUT2D eigenvalue weighted by molar-refractivity contribution is 7.87. The Hall–Kier alpha value is -4.26. The number of likely N-dealkylation sites (N-methyl/N-ethyl adjacent to an activating group) is 1. The van der Waals surface area contributed by atoms with Crippen molar-refractivity contribution in [3.05, 3.63) is 57.6 Å². The number of aromatic amines is 1. The third-order valence-electron chi connectivity index (χ3n) is 7.34. The summed E-state index contributed by atoms with van der Waals surface area (Å²) in [6, 6.07) is 3.84. The molecule has 0 bridgehead atoms. The lowest BCUT2D eigenvalue weighted by Gasteiger charge is -2.39. The van der Waals surface area contributed by atoms with E-state index in [9.17, 15) is 18.0 Å². The first-order valence-corrected chi connectivity index (χ1v) is 15.3. The van der Waals surface area contributed by atoms with Crippen LogP contribution in [0.4, 0.5) is 0 Å². The highest BCUT2D eigenvalue weighted by Gasteiger charge is 2.41. The second kappa shape index (κ2) is 10.9. The summed E-state index contributed by atoms with van der Waals surface area (Å²) < 4.78 is 29.7. The Morgan fingerprint density at radius 1 is 1.21 bits per heavy atom. The van der Waals surface area contributed by atoms with E-state index in [1.807, 2.05) is 7.05 Å². The molecule has 2 aliphatic rings. The molecule has 18 heteroatoms. The van der Waals surface area contributed by atoms with Crippen molar-refractivity contribution in [2.75, 3.05) is 33.2 Å². The van der Waals surface area contributed by atoms with E-state index in [0.29, 0.717) is 22.9 Å². The first kappa shape index (κ1) is 27.9. The summed E-state index contributed by atoms with van der Waals surface area (Å²) in [4.78, 5) is 36.3. The van der Waals surface area contributed by atoms with E-state index in [1.165, 1.54) is 32.9 Å². The number of rotatable bonds is 7. The number of piperazine rings is 1. The molecule has 2 amide bonds. The van der Waals surface area contributed by atoms with Crippen LogP contribution < -0.4 is 11.1 Å². The number of benzene rings is 1. The van der Waals surface area contributed by atoms with E-state index in [4.69, 9.17) is 11.1 Å². The molecule has 1 saturated heterocycles. The summed E-state index contributed by atoms with van der Waals surface area (Å²) >= 11 is 1.31. The Labute approximate surface area is 244 Å². The molecule has 3 aromatic heterocycles. The molecule has 220 valence electrons. The van der Waals surface area contributed by atoms with Crippen molar-refractivity contribution < 1.29 is 18.0 Å². The largest absolute Gasteiger partial charge is 0.384 e. The minimum Gasteiger partial charge on any atom is -0.384 e. The quantitative estimate of drug-likeness (QED) is 0.149. The fraction of sp³-hybridized carbons (Fsp3) is 0.375. The van der Waals surface area contributed by atoms with E-state index in [-0.39, 0.29) is 42.8 Å². The smallest absolute Gasteiger partial charge is 0.307 e. The van der Waals surface area contributed by atoms with E-state index in [1.54, 1.807) is 18.2 Å². The third kappa shape index (κ3) is 5.24. The van der Waals surface area contributed by atoms with Gasteiger partial charge in [0.25, 0.3) is 5.91 Å². The number of tetrazole rings is 1. The van der Waals surface area contributed by atoms with Gasteiger partial charge in [-0.1, -0.05) is 17.3 Å². The van der Waals surface area contributed by atoms with Crippen molar-refractivity contribution in [2.45, 2.75) is 25.6 Å². The van der Waals surface area contributed by atoms with Crippen molar-refractivity contribution in [3.63, 3.8) is 0 Å². The van der Waals surface area contributed by atoms with E-state index in [2.05, 4.69) is 35.8 Å². The van der Waals surface area contributed by atoms with Crippen LogP contribution in [0.3, 0.4) is 0 Å². The van der Waals surface area contributed by atoms with Gasteiger partial charge in [0, 0.05) is 72.8 Å². The summed E-state index contributed by atoms with van der Waals surface area (Å²) in [5.41, 5.74) is 6.94. The van der Waals surface area contributed by atoms with Gasteiger partial charge in [-0.2, -0.15) is 17.9 Å². The normalized spacial score (nSPS) is 18.2. The number of thiazole rings is 1. The summed E-state index contributed by atoms with van der Waals surface area (Å²) in [6.45, 7) is 1.17. The topological polar surface area (TPSA) is 212 Å². The van der Waals surface area contributed by atoms with Gasteiger partial charge in [-0.3, -0.25) is 15.0 Å². The van der Waals surface area contributed by atoms with Gasteiger partial charge >= 0.3 is 10.2 Å². The van der Waals surface area contributed by atoms with Crippen LogP contribution in [0.5, 0.6) is 0 Å². The van der Waals surface area contributed by atoms with Crippen molar-refractivity contribution in [3.8, 4) is 0 Å². The van der Waals surface area contributed by atoms with E-state index < -0.39 is 28.1 Å². The van der Waals surface area contributed by atoms with Crippen LogP contribution in [-0.4, -0.2) is 109 Å². The zero-order valence-corrected chi connectivity index (χ0v) is 24.2. The van der Waals surface area contributed by atoms with Gasteiger partial charge in [0.05, 0.1) is 12.2 Å². The van der Waals surface area contributed by atoms with Crippen LogP contribution in [0, 0.1) is 5.41 Å². The third-order valence-corrected chi connectivity index (χ3v) is 10.1. The Morgan fingerprint density at radius 2 is 2.02 bits per heavy atom. The number of nitrogens with one attached hydrogen (secondary N) is 3. The van der Waals surface area contributed by atoms with E-state index >= 15 is 0 Å². The van der Waals surface area contributed by atoms with Gasteiger partial charge in [0.1, 0.15) is 11.9 Å². The van der Waals surface area contributed by atoms with Crippen molar-refractivity contribution in [1.82, 2.24) is 49.0 Å². The summed E-state index contributed by atoms with van der Waals surface area (Å²) in [6.07, 6.45) is 3.64. The summed E-state index contributed by atoms with van der Waals surface area (Å²) in [5.74, 6) is -0.867. The zero-order chi connectivity index (χ0) is 29.6. The second-order valence-corrected chi connectivity index (χ2v) is 13.1. The highest BCUT2D eigenvalue weighted by atomic mass is 32.2. The number of fused-ring (bicyclic) bond motifs is 2. The molecular weight excluding hydrogens is 584 g/mol. The molecule has 1 fully saturated rings. The van der Waals surface area contributed by atoms with Gasteiger partial charge in [-0.15, -0.1) is 21.5 Å². The zero-order valence-electron chi connectivity index (χ0n) is 22.5. The molecule has 5 N–H and O–H groups in total. The minimum atomic E-state index is -4.11. The van der Waals surface area contributed by atoms with Crippen LogP contribution in [0.25, 0.3) is 10.8 Å². The molecular formula is C24H28N12O4S2. The Kier molecular flexibility index (Phi) is 7.21. The number of nitrogen functional groups attached to an aromatic ring is 1. The van der Waals surface area contributed by atoms with Crippen molar-refractivity contribution in [1.29, 1.82) is 5.41 Å². The predicted octanol–water partition coefficient (Wildman–Crippen LogP) is -0.881. The Bertz CT molecular complexity index is 1780. The van der Waals surface area contributed by atoms with Crippen LogP contribution >= 0.6 is 11.3 Å². The van der Waals surface area contributed by atoms with Gasteiger partial charge < -0.3 is 20.9 Å². The van der Waals surface area contributed by atoms with Crippen molar-refractivity contribution >= 4 is 50.0 Å². The number of nitrogens with zero attached hydrogens (tertiary/aromatic N) is 8. The van der Waals surface area contributed by atoms with Crippen LogP contribution in [0.2, 0.25) is 0 Å². The Balaban J connectivity index is 1.27. The molecule has 0 radical (unpaired) electrons. The number of H-pyrrole nitrogens is 1. The van der Waals surface area contributed by atoms with Gasteiger partial charge in [0.2, 0.25) is 5.91 Å². The van der Waals surface area contributed by atoms with Crippen molar-refractivity contribution in [2.24, 2.45) is 5.73 Å². The Morgan fingerprint density at radius 3 is 2.79 bits per heavy atom. The molecule has 0 saturated carbocycles. The van der Waals surface area contributed by atoms with Gasteiger partial charge in [-0.25, -0.2) is 8.96 Å². The number of amides is 2. The summed E-state index contributed by atoms with van der Waals surface area (Å²) in [7, 11) is -2.11. The monoisotopic (exact) mass is 612 g/mol. The molecule has 1 unspecified atom stereocenters. The lowest BCUT2D eigenvalue weighted by molar-refractivity contribution is -0.127. The van der Waals surface area contributed by atoms with Crippen LogP contribution in [-0.2, 0) is 34.5 Å². The van der Waals surface area contributed by atoms with Gasteiger partial charge in [-0.05, 0) is 13.1 Å². The van der Waals surface area contributed by atoms with Gasteiger partial charge in [0.15, 0.2) is 10.8 Å². The molecule has 42 heavy (non-hydrogen) atoms. The average molecular weight is 613 g/mol. The number of carbonyl (C=O) groups excluding carboxylic acids is 2. The second-order valence-electron chi connectivity index (χ2n) is 10.1. The number of aromatic nitrogens is 6. The summed E-state index contributed by atoms with van der Waals surface area (Å²) in [5, 5.41) is 25.3. The maximum Gasteiger partial charge on any atom is 0.307 e. The molecule has 16 nitrogen and oxygen atoms in total. The molecule has 0 spiro atoms. The minimum absolute atomic E-state index is 0.0161. The molecule has 1 atom stereocenters. The lowest BCUT2D eigenvalue weighted by Crippen LogP contribution is -2.61. The molecule has 2 aliphatic heterocycles. The van der Waals surface area contributed by atoms with Crippen LogP contribution in [0.15, 0.2) is 30.6 Å².